The van der Waals surface area contributed by atoms with Crippen molar-refractivity contribution in [1.29, 1.82) is 0 Å². The van der Waals surface area contributed by atoms with E-state index in [0.717, 1.165) is 9.64 Å². The van der Waals surface area contributed by atoms with Gasteiger partial charge in [-0.2, -0.15) is 0 Å². The fourth-order valence-electron chi connectivity index (χ4n) is 1.75. The van der Waals surface area contributed by atoms with E-state index >= 15 is 0 Å². The fourth-order valence-corrected chi connectivity index (χ4v) is 3.11. The van der Waals surface area contributed by atoms with Crippen LogP contribution < -0.4 is 0 Å². The van der Waals surface area contributed by atoms with Crippen molar-refractivity contribution >= 4 is 45.8 Å². The summed E-state index contributed by atoms with van der Waals surface area (Å²) in [6.07, 6.45) is 0. The van der Waals surface area contributed by atoms with Crippen molar-refractivity contribution in [3.8, 4) is 0 Å². The van der Waals surface area contributed by atoms with Gasteiger partial charge in [-0.15, -0.1) is 11.6 Å². The van der Waals surface area contributed by atoms with Crippen LogP contribution in [-0.4, -0.2) is 0 Å². The van der Waals surface area contributed by atoms with Crippen LogP contribution in [0.1, 0.15) is 22.1 Å². The van der Waals surface area contributed by atoms with E-state index in [1.165, 1.54) is 6.07 Å². The molecule has 0 saturated heterocycles. The van der Waals surface area contributed by atoms with Gasteiger partial charge in [0.05, 0.1) is 5.38 Å². The van der Waals surface area contributed by atoms with Crippen molar-refractivity contribution in [2.45, 2.75) is 12.3 Å². The summed E-state index contributed by atoms with van der Waals surface area (Å²) in [5, 5.41) is -0.176. The van der Waals surface area contributed by atoms with E-state index in [1.54, 1.807) is 19.1 Å². The van der Waals surface area contributed by atoms with E-state index in [2.05, 4.69) is 22.6 Å². The Morgan fingerprint density at radius 2 is 1.74 bits per heavy atom. The largest absolute Gasteiger partial charge is 0.207 e. The average Bonchev–Trinajstić information content (AvgIpc) is 2.36. The topological polar surface area (TPSA) is 0 Å². The minimum Gasteiger partial charge on any atom is -0.207 e. The first kappa shape index (κ1) is 15.0. The van der Waals surface area contributed by atoms with Gasteiger partial charge in [0.25, 0.3) is 0 Å². The van der Waals surface area contributed by atoms with Crippen LogP contribution in [0, 0.1) is 22.1 Å². The number of hydrogen-bond donors (Lipinski definition) is 0. The van der Waals surface area contributed by atoms with Gasteiger partial charge < -0.3 is 0 Å². The predicted molar refractivity (Wildman–Crippen MR) is 83.0 cm³/mol. The molecule has 0 spiro atoms. The van der Waals surface area contributed by atoms with Crippen molar-refractivity contribution in [3.05, 3.63) is 67.2 Å². The normalized spacial score (nSPS) is 12.5. The summed E-state index contributed by atoms with van der Waals surface area (Å²) >= 11 is 14.3. The first-order valence-electron chi connectivity index (χ1n) is 5.44. The van der Waals surface area contributed by atoms with Crippen LogP contribution >= 0.6 is 45.8 Å². The van der Waals surface area contributed by atoms with Crippen molar-refractivity contribution in [2.75, 3.05) is 0 Å². The zero-order chi connectivity index (χ0) is 14.2. The zero-order valence-corrected chi connectivity index (χ0v) is 13.5. The number of halogens is 5. The molecule has 0 heterocycles. The number of hydrogen-bond acceptors (Lipinski definition) is 0. The van der Waals surface area contributed by atoms with Crippen molar-refractivity contribution < 1.29 is 8.78 Å². The lowest BCUT2D eigenvalue weighted by Crippen LogP contribution is -2.01. The molecule has 0 aliphatic heterocycles. The van der Waals surface area contributed by atoms with Crippen molar-refractivity contribution in [3.63, 3.8) is 0 Å². The van der Waals surface area contributed by atoms with E-state index in [0.29, 0.717) is 16.1 Å². The van der Waals surface area contributed by atoms with Crippen LogP contribution in [0.15, 0.2) is 30.3 Å². The number of aryl methyl sites for hydroxylation is 1. The van der Waals surface area contributed by atoms with Gasteiger partial charge in [-0.1, -0.05) is 11.6 Å². The summed E-state index contributed by atoms with van der Waals surface area (Å²) in [6.45, 7) is 1.57. The van der Waals surface area contributed by atoms with Gasteiger partial charge in [-0.25, -0.2) is 8.78 Å². The van der Waals surface area contributed by atoms with Gasteiger partial charge in [0, 0.05) is 20.2 Å². The van der Waals surface area contributed by atoms with Crippen LogP contribution in [0.2, 0.25) is 5.02 Å². The molecule has 1 atom stereocenters. The minimum absolute atomic E-state index is 0.251. The van der Waals surface area contributed by atoms with Gasteiger partial charge in [-0.3, -0.25) is 0 Å². The van der Waals surface area contributed by atoms with Gasteiger partial charge in [0.2, 0.25) is 0 Å². The summed E-state index contributed by atoms with van der Waals surface area (Å²) < 4.78 is 28.0. The van der Waals surface area contributed by atoms with Crippen molar-refractivity contribution in [1.82, 2.24) is 0 Å². The highest BCUT2D eigenvalue weighted by Crippen LogP contribution is 2.35. The number of alkyl halides is 1. The molecule has 0 aromatic heterocycles. The van der Waals surface area contributed by atoms with E-state index < -0.39 is 17.0 Å². The van der Waals surface area contributed by atoms with Crippen LogP contribution in [0.5, 0.6) is 0 Å². The highest BCUT2D eigenvalue weighted by atomic mass is 127. The highest BCUT2D eigenvalue weighted by molar-refractivity contribution is 14.1. The van der Waals surface area contributed by atoms with Crippen LogP contribution in [-0.2, 0) is 0 Å². The quantitative estimate of drug-likeness (QED) is 0.428. The molecule has 0 amide bonds. The van der Waals surface area contributed by atoms with E-state index in [-0.39, 0.29) is 5.56 Å². The Kier molecular flexibility index (Phi) is 4.69. The van der Waals surface area contributed by atoms with Gasteiger partial charge in [0.1, 0.15) is 11.6 Å². The molecule has 2 aromatic carbocycles. The molecule has 2 rings (SSSR count). The fraction of sp³-hybridized carbons (Fsp3) is 0.143. The molecule has 100 valence electrons. The third-order valence-electron chi connectivity index (χ3n) is 2.78. The SMILES string of the molecule is Cc1cc(C(Cl)c2cc(Cl)ccc2I)c(F)cc1F. The summed E-state index contributed by atoms with van der Waals surface area (Å²) in [5.74, 6) is -1.23. The molecule has 19 heavy (non-hydrogen) atoms. The van der Waals surface area contributed by atoms with Crippen LogP contribution in [0.3, 0.4) is 0 Å². The Bertz CT molecular complexity index is 629. The molecular formula is C14H9Cl2F2I. The molecule has 1 unspecified atom stereocenters. The maximum atomic E-state index is 13.8. The number of benzene rings is 2. The standard InChI is InChI=1S/C14H9Cl2F2I/c1-7-4-9(12(18)6-11(7)17)14(16)10-5-8(15)2-3-13(10)19/h2-6,14H,1H3. The zero-order valence-electron chi connectivity index (χ0n) is 9.85. The second-order valence-corrected chi connectivity index (χ2v) is 6.19. The lowest BCUT2D eigenvalue weighted by Gasteiger charge is -2.14. The summed E-state index contributed by atoms with van der Waals surface area (Å²) in [4.78, 5) is 0. The van der Waals surface area contributed by atoms with E-state index in [9.17, 15) is 8.78 Å². The molecular weight excluding hydrogens is 404 g/mol. The summed E-state index contributed by atoms with van der Waals surface area (Å²) in [7, 11) is 0. The van der Waals surface area contributed by atoms with E-state index in [4.69, 9.17) is 23.2 Å². The lowest BCUT2D eigenvalue weighted by molar-refractivity contribution is 0.568. The van der Waals surface area contributed by atoms with Gasteiger partial charge >= 0.3 is 0 Å². The first-order chi connectivity index (χ1) is 8.90. The Morgan fingerprint density at radius 1 is 1.05 bits per heavy atom. The Morgan fingerprint density at radius 3 is 2.42 bits per heavy atom. The Balaban J connectivity index is 2.52. The second kappa shape index (κ2) is 5.94. The third kappa shape index (κ3) is 3.20. The molecule has 0 aliphatic carbocycles. The Hall–Kier alpha value is -0.390. The molecule has 0 aliphatic rings. The first-order valence-corrected chi connectivity index (χ1v) is 7.34. The van der Waals surface area contributed by atoms with Crippen molar-refractivity contribution in [2.24, 2.45) is 0 Å². The molecule has 2 aromatic rings. The number of rotatable bonds is 2. The van der Waals surface area contributed by atoms with Crippen LogP contribution in [0.4, 0.5) is 8.78 Å². The molecule has 0 fully saturated rings. The predicted octanol–water partition coefficient (Wildman–Crippen LogP) is 5.86. The van der Waals surface area contributed by atoms with Gasteiger partial charge in [0.15, 0.2) is 0 Å². The maximum Gasteiger partial charge on any atom is 0.131 e. The molecule has 0 nitrogen and oxygen atoms in total. The average molecular weight is 413 g/mol. The molecule has 0 saturated carbocycles. The summed E-state index contributed by atoms with van der Waals surface area (Å²) in [5.41, 5.74) is 1.32. The Labute approximate surface area is 133 Å². The molecule has 0 N–H and O–H groups in total. The molecule has 0 bridgehead atoms. The van der Waals surface area contributed by atoms with Crippen LogP contribution in [0.25, 0.3) is 0 Å². The highest BCUT2D eigenvalue weighted by Gasteiger charge is 2.19. The van der Waals surface area contributed by atoms with Gasteiger partial charge in [-0.05, 0) is 64.9 Å². The third-order valence-corrected chi connectivity index (χ3v) is 4.47. The van der Waals surface area contributed by atoms with E-state index in [1.807, 2.05) is 6.07 Å². The molecule has 5 heteroatoms. The smallest absolute Gasteiger partial charge is 0.131 e. The lowest BCUT2D eigenvalue weighted by atomic mass is 10.0. The maximum absolute atomic E-state index is 13.8. The summed E-state index contributed by atoms with van der Waals surface area (Å²) in [6, 6.07) is 7.53. The minimum atomic E-state index is -0.704. The second-order valence-electron chi connectivity index (χ2n) is 4.15. The molecule has 0 radical (unpaired) electrons. The monoisotopic (exact) mass is 412 g/mol.